The summed E-state index contributed by atoms with van der Waals surface area (Å²) in [5, 5.41) is 27.3. The molecule has 0 saturated carbocycles. The number of hydrogen-bond acceptors (Lipinski definition) is 6. The monoisotopic (exact) mass is 471 g/mol. The van der Waals surface area contributed by atoms with E-state index in [1.165, 1.54) is 13.0 Å². The topological polar surface area (TPSA) is 137 Å². The van der Waals surface area contributed by atoms with Crippen molar-refractivity contribution in [3.05, 3.63) is 28.8 Å². The number of carbonyl (C=O) groups excluding carboxylic acids is 2. The van der Waals surface area contributed by atoms with Crippen LogP contribution in [0.3, 0.4) is 0 Å². The lowest BCUT2D eigenvalue weighted by molar-refractivity contribution is -0.145. The first kappa shape index (κ1) is 27.7. The van der Waals surface area contributed by atoms with Crippen LogP contribution in [0.25, 0.3) is 0 Å². The van der Waals surface area contributed by atoms with Gasteiger partial charge in [-0.1, -0.05) is 39.3 Å². The highest BCUT2D eigenvalue weighted by Gasteiger charge is 2.30. The van der Waals surface area contributed by atoms with Gasteiger partial charge in [0.25, 0.3) is 5.91 Å². The van der Waals surface area contributed by atoms with Gasteiger partial charge in [-0.2, -0.15) is 0 Å². The number of nitrogens with one attached hydrogen (secondary N) is 3. The molecule has 5 N–H and O–H groups in total. The molecule has 2 amide bonds. The van der Waals surface area contributed by atoms with Crippen molar-refractivity contribution in [1.29, 1.82) is 0 Å². The highest BCUT2D eigenvalue weighted by molar-refractivity contribution is 6.31. The minimum absolute atomic E-state index is 0.0260. The largest absolute Gasteiger partial charge is 0.491 e. The minimum Gasteiger partial charge on any atom is -0.491 e. The van der Waals surface area contributed by atoms with Crippen LogP contribution < -0.4 is 20.7 Å². The molecule has 0 radical (unpaired) electrons. The Bertz CT molecular complexity index is 785. The summed E-state index contributed by atoms with van der Waals surface area (Å²) in [6, 6.07) is 2.41. The van der Waals surface area contributed by atoms with Crippen LogP contribution in [0.2, 0.25) is 5.02 Å². The molecule has 1 aromatic carbocycles. The molecular formula is C22H34ClN3O6. The Hall–Kier alpha value is -2.36. The lowest BCUT2D eigenvalue weighted by Gasteiger charge is -2.24. The molecule has 9 nitrogen and oxygen atoms in total. The Labute approximate surface area is 193 Å². The molecule has 0 aliphatic carbocycles. The maximum absolute atomic E-state index is 13.0. The van der Waals surface area contributed by atoms with Crippen molar-refractivity contribution in [3.63, 3.8) is 0 Å². The van der Waals surface area contributed by atoms with E-state index in [-0.39, 0.29) is 23.9 Å². The van der Waals surface area contributed by atoms with E-state index in [2.05, 4.69) is 16.0 Å². The van der Waals surface area contributed by atoms with E-state index in [9.17, 15) is 24.6 Å². The Balaban J connectivity index is 3.01. The predicted octanol–water partition coefficient (Wildman–Crippen LogP) is 1.81. The number of carbonyl (C=O) groups is 3. The summed E-state index contributed by atoms with van der Waals surface area (Å²) in [6.07, 6.45) is -1.04. The number of aliphatic hydroxyl groups is 1. The van der Waals surface area contributed by atoms with E-state index in [4.69, 9.17) is 16.3 Å². The van der Waals surface area contributed by atoms with Gasteiger partial charge in [-0.15, -0.1) is 0 Å². The molecule has 0 heterocycles. The predicted molar refractivity (Wildman–Crippen MR) is 122 cm³/mol. The SMILES string of the molecule is CC(C)C[C@H](NC(=O)c1cc(Cl)ccc1OCCNC(C)C)C(=O)N[C@H](C(=O)O)[C@@H](C)O. The molecule has 0 bridgehead atoms. The molecule has 0 aliphatic heterocycles. The Morgan fingerprint density at radius 1 is 1.09 bits per heavy atom. The fraction of sp³-hybridized carbons (Fsp3) is 0.591. The van der Waals surface area contributed by atoms with Crippen LogP contribution in [0.1, 0.15) is 51.4 Å². The standard InChI is InChI=1S/C22H34ClN3O6/c1-12(2)10-17(21(29)26-19(14(5)27)22(30)31)25-20(28)16-11-15(23)6-7-18(16)32-9-8-24-13(3)4/h6-7,11-14,17,19,24,27H,8-10H2,1-5H3,(H,25,28)(H,26,29)(H,30,31)/t14-,17+,19+/m1/s1. The fourth-order valence-corrected chi connectivity index (χ4v) is 3.07. The first-order chi connectivity index (χ1) is 14.9. The van der Waals surface area contributed by atoms with Crippen molar-refractivity contribution in [2.75, 3.05) is 13.2 Å². The number of aliphatic carboxylic acids is 1. The van der Waals surface area contributed by atoms with Gasteiger partial charge < -0.3 is 30.9 Å². The summed E-state index contributed by atoms with van der Waals surface area (Å²) in [6.45, 7) is 9.91. The highest BCUT2D eigenvalue weighted by atomic mass is 35.5. The van der Waals surface area contributed by atoms with Crippen molar-refractivity contribution >= 4 is 29.4 Å². The van der Waals surface area contributed by atoms with E-state index in [1.807, 2.05) is 27.7 Å². The molecule has 3 atom stereocenters. The van der Waals surface area contributed by atoms with Gasteiger partial charge in [-0.25, -0.2) is 4.79 Å². The number of ether oxygens (including phenoxy) is 1. The molecule has 0 saturated heterocycles. The lowest BCUT2D eigenvalue weighted by atomic mass is 10.0. The van der Waals surface area contributed by atoms with Crippen LogP contribution in [0.15, 0.2) is 18.2 Å². The van der Waals surface area contributed by atoms with Gasteiger partial charge in [0.15, 0.2) is 6.04 Å². The van der Waals surface area contributed by atoms with E-state index >= 15 is 0 Å². The summed E-state index contributed by atoms with van der Waals surface area (Å²) in [7, 11) is 0. The number of benzene rings is 1. The number of carboxylic acid groups (broad SMARTS) is 1. The second kappa shape index (κ2) is 13.2. The van der Waals surface area contributed by atoms with Crippen LogP contribution in [0.4, 0.5) is 0 Å². The van der Waals surface area contributed by atoms with Crippen molar-refractivity contribution in [1.82, 2.24) is 16.0 Å². The first-order valence-electron chi connectivity index (χ1n) is 10.6. The maximum Gasteiger partial charge on any atom is 0.328 e. The van der Waals surface area contributed by atoms with Crippen molar-refractivity contribution < 1.29 is 29.3 Å². The number of carboxylic acids is 1. The molecular weight excluding hydrogens is 438 g/mol. The summed E-state index contributed by atoms with van der Waals surface area (Å²) in [5.74, 6) is -2.31. The van der Waals surface area contributed by atoms with Crippen molar-refractivity contribution in [3.8, 4) is 5.75 Å². The summed E-state index contributed by atoms with van der Waals surface area (Å²) >= 11 is 6.07. The molecule has 10 heteroatoms. The fourth-order valence-electron chi connectivity index (χ4n) is 2.90. The summed E-state index contributed by atoms with van der Waals surface area (Å²) < 4.78 is 5.72. The van der Waals surface area contributed by atoms with Gasteiger partial charge in [0.05, 0.1) is 11.7 Å². The van der Waals surface area contributed by atoms with Gasteiger partial charge in [0.1, 0.15) is 18.4 Å². The zero-order chi connectivity index (χ0) is 24.4. The maximum atomic E-state index is 13.0. The number of rotatable bonds is 13. The van der Waals surface area contributed by atoms with Gasteiger partial charge in [0, 0.05) is 17.6 Å². The van der Waals surface area contributed by atoms with Crippen LogP contribution in [0, 0.1) is 5.92 Å². The van der Waals surface area contributed by atoms with Gasteiger partial charge in [-0.3, -0.25) is 9.59 Å². The Kier molecular flexibility index (Phi) is 11.5. The molecule has 1 aromatic rings. The average molecular weight is 472 g/mol. The third-order valence-corrected chi connectivity index (χ3v) is 4.71. The number of halogens is 1. The first-order valence-corrected chi connectivity index (χ1v) is 11.0. The second-order valence-electron chi connectivity index (χ2n) is 8.32. The van der Waals surface area contributed by atoms with E-state index < -0.39 is 36.0 Å². The van der Waals surface area contributed by atoms with Crippen molar-refractivity contribution in [2.45, 2.75) is 65.3 Å². The molecule has 1 rings (SSSR count). The third-order valence-electron chi connectivity index (χ3n) is 4.47. The molecule has 180 valence electrons. The van der Waals surface area contributed by atoms with Crippen LogP contribution in [-0.4, -0.2) is 65.4 Å². The molecule has 32 heavy (non-hydrogen) atoms. The summed E-state index contributed by atoms with van der Waals surface area (Å²) in [5.41, 5.74) is 0.161. The average Bonchev–Trinajstić information content (AvgIpc) is 2.68. The Morgan fingerprint density at radius 3 is 2.28 bits per heavy atom. The molecule has 0 aromatic heterocycles. The zero-order valence-electron chi connectivity index (χ0n) is 19.1. The second-order valence-corrected chi connectivity index (χ2v) is 8.75. The number of amides is 2. The minimum atomic E-state index is -1.49. The van der Waals surface area contributed by atoms with Gasteiger partial charge in [0.2, 0.25) is 5.91 Å². The van der Waals surface area contributed by atoms with Gasteiger partial charge >= 0.3 is 5.97 Å². The van der Waals surface area contributed by atoms with E-state index in [1.54, 1.807) is 12.1 Å². The Morgan fingerprint density at radius 2 is 1.75 bits per heavy atom. The molecule has 0 fully saturated rings. The van der Waals surface area contributed by atoms with E-state index in [0.29, 0.717) is 23.9 Å². The van der Waals surface area contributed by atoms with Crippen LogP contribution in [-0.2, 0) is 9.59 Å². The van der Waals surface area contributed by atoms with Crippen LogP contribution >= 0.6 is 11.6 Å². The smallest absolute Gasteiger partial charge is 0.328 e. The highest BCUT2D eigenvalue weighted by Crippen LogP contribution is 2.23. The molecule has 0 unspecified atom stereocenters. The third kappa shape index (κ3) is 9.42. The lowest BCUT2D eigenvalue weighted by Crippen LogP contribution is -2.55. The molecule has 0 aliphatic rings. The number of aliphatic hydroxyl groups excluding tert-OH is 1. The van der Waals surface area contributed by atoms with Crippen molar-refractivity contribution in [2.24, 2.45) is 5.92 Å². The quantitative estimate of drug-likeness (QED) is 0.277. The van der Waals surface area contributed by atoms with Gasteiger partial charge in [-0.05, 0) is 37.5 Å². The summed E-state index contributed by atoms with van der Waals surface area (Å²) in [4.78, 5) is 37.0. The van der Waals surface area contributed by atoms with Crippen LogP contribution in [0.5, 0.6) is 5.75 Å². The number of hydrogen-bond donors (Lipinski definition) is 5. The normalized spacial score (nSPS) is 14.0. The van der Waals surface area contributed by atoms with E-state index in [0.717, 1.165) is 0 Å². The molecule has 0 spiro atoms. The zero-order valence-corrected chi connectivity index (χ0v) is 19.9.